The highest BCUT2D eigenvalue weighted by Crippen LogP contribution is 2.19. The number of fused-ring (bicyclic) bond motifs is 1. The van der Waals surface area contributed by atoms with Crippen molar-refractivity contribution in [3.8, 4) is 5.69 Å². The average molecular weight is 391 g/mol. The van der Waals surface area contributed by atoms with Gasteiger partial charge in [-0.2, -0.15) is 5.10 Å². The van der Waals surface area contributed by atoms with Crippen LogP contribution >= 0.6 is 15.9 Å². The number of aromatic nitrogens is 3. The summed E-state index contributed by atoms with van der Waals surface area (Å²) < 4.78 is 2.93. The number of alkyl halides is 1. The van der Waals surface area contributed by atoms with Crippen molar-refractivity contribution in [2.45, 2.75) is 12.5 Å². The van der Waals surface area contributed by atoms with Crippen molar-refractivity contribution < 1.29 is 9.90 Å². The summed E-state index contributed by atoms with van der Waals surface area (Å²) in [7, 11) is 0. The van der Waals surface area contributed by atoms with E-state index in [0.29, 0.717) is 28.8 Å². The van der Waals surface area contributed by atoms with Crippen molar-refractivity contribution in [3.63, 3.8) is 0 Å². The van der Waals surface area contributed by atoms with Crippen LogP contribution in [0.2, 0.25) is 0 Å². The van der Waals surface area contributed by atoms with Crippen LogP contribution in [-0.4, -0.2) is 30.7 Å². The van der Waals surface area contributed by atoms with Crippen LogP contribution in [-0.2, 0) is 0 Å². The molecule has 7 nitrogen and oxygen atoms in total. The summed E-state index contributed by atoms with van der Waals surface area (Å²) in [5, 5.41) is 16.6. The fraction of sp³-hybridized carbons (Fsp3) is 0.188. The number of amides is 1. The molecule has 1 amide bonds. The van der Waals surface area contributed by atoms with Crippen LogP contribution in [0.5, 0.6) is 0 Å². The lowest BCUT2D eigenvalue weighted by molar-refractivity contribution is 0.188. The van der Waals surface area contributed by atoms with Gasteiger partial charge < -0.3 is 10.4 Å². The van der Waals surface area contributed by atoms with Gasteiger partial charge in [0.15, 0.2) is 5.82 Å². The van der Waals surface area contributed by atoms with Crippen LogP contribution in [0.3, 0.4) is 0 Å². The van der Waals surface area contributed by atoms with E-state index in [1.54, 1.807) is 30.5 Å². The topological polar surface area (TPSA) is 88.6 Å². The minimum Gasteiger partial charge on any atom is -0.465 e. The van der Waals surface area contributed by atoms with E-state index >= 15 is 0 Å². The van der Waals surface area contributed by atoms with E-state index in [1.807, 2.05) is 18.2 Å². The monoisotopic (exact) mass is 390 g/mol. The fourth-order valence-electron chi connectivity index (χ4n) is 2.58. The molecule has 0 spiro atoms. The lowest BCUT2D eigenvalue weighted by Crippen LogP contribution is -2.35. The molecular formula is C16H15BrN4O3. The number of rotatable bonds is 5. The number of carboxylic acid groups (broad SMARTS) is 1. The molecular weight excluding hydrogens is 376 g/mol. The molecule has 0 saturated heterocycles. The molecule has 1 aromatic carbocycles. The molecule has 24 heavy (non-hydrogen) atoms. The van der Waals surface area contributed by atoms with Gasteiger partial charge in [0.1, 0.15) is 5.52 Å². The molecule has 0 aliphatic heterocycles. The Morgan fingerprint density at radius 3 is 2.67 bits per heavy atom. The first-order valence-corrected chi connectivity index (χ1v) is 8.45. The standard InChI is InChI=1S/C16H15BrN4O3/c17-9-8-12(18-16(23)24)14-19-20-10-4-7-13(20)15(22)21(14)11-5-2-1-3-6-11/h1-7,10,12,18H,8-9H2,(H,23,24). The van der Waals surface area contributed by atoms with Crippen molar-refractivity contribution in [3.05, 3.63) is 64.8 Å². The predicted octanol–water partition coefficient (Wildman–Crippen LogP) is 2.58. The average Bonchev–Trinajstić information content (AvgIpc) is 3.03. The van der Waals surface area contributed by atoms with Crippen molar-refractivity contribution in [1.29, 1.82) is 0 Å². The molecule has 2 aromatic heterocycles. The Bertz CT molecular complexity index is 920. The minimum absolute atomic E-state index is 0.247. The third-order valence-corrected chi connectivity index (χ3v) is 4.07. The zero-order valence-electron chi connectivity index (χ0n) is 12.6. The molecule has 2 heterocycles. The molecule has 0 saturated carbocycles. The Morgan fingerprint density at radius 2 is 2.00 bits per heavy atom. The van der Waals surface area contributed by atoms with Gasteiger partial charge in [-0.25, -0.2) is 9.31 Å². The maximum Gasteiger partial charge on any atom is 0.405 e. The number of carbonyl (C=O) groups is 1. The first-order chi connectivity index (χ1) is 11.6. The number of nitrogens with one attached hydrogen (secondary N) is 1. The number of halogens is 1. The molecule has 0 fully saturated rings. The van der Waals surface area contributed by atoms with E-state index < -0.39 is 12.1 Å². The van der Waals surface area contributed by atoms with Crippen LogP contribution in [0, 0.1) is 0 Å². The highest BCUT2D eigenvalue weighted by Gasteiger charge is 2.22. The first-order valence-electron chi connectivity index (χ1n) is 7.33. The predicted molar refractivity (Wildman–Crippen MR) is 93.1 cm³/mol. The quantitative estimate of drug-likeness (QED) is 0.655. The van der Waals surface area contributed by atoms with Crippen molar-refractivity contribution in [1.82, 2.24) is 19.5 Å². The highest BCUT2D eigenvalue weighted by atomic mass is 79.9. The fourth-order valence-corrected chi connectivity index (χ4v) is 3.04. The Kier molecular flexibility index (Phi) is 4.66. The van der Waals surface area contributed by atoms with Crippen LogP contribution in [0.15, 0.2) is 53.5 Å². The second-order valence-corrected chi connectivity index (χ2v) is 5.95. The van der Waals surface area contributed by atoms with Crippen molar-refractivity contribution in [2.24, 2.45) is 0 Å². The third-order valence-electron chi connectivity index (χ3n) is 3.61. The van der Waals surface area contributed by atoms with Crippen molar-refractivity contribution in [2.75, 3.05) is 5.33 Å². The van der Waals surface area contributed by atoms with E-state index in [-0.39, 0.29) is 5.56 Å². The van der Waals surface area contributed by atoms with Gasteiger partial charge in [0.25, 0.3) is 5.56 Å². The van der Waals surface area contributed by atoms with Gasteiger partial charge in [-0.15, -0.1) is 0 Å². The number of hydrogen-bond acceptors (Lipinski definition) is 3. The minimum atomic E-state index is -1.16. The van der Waals surface area contributed by atoms with Gasteiger partial charge in [0.2, 0.25) is 0 Å². The van der Waals surface area contributed by atoms with Gasteiger partial charge in [0.05, 0.1) is 11.7 Å². The summed E-state index contributed by atoms with van der Waals surface area (Å²) in [5.74, 6) is 0.344. The Balaban J connectivity index is 2.28. The maximum absolute atomic E-state index is 12.9. The molecule has 2 N–H and O–H groups in total. The summed E-state index contributed by atoms with van der Waals surface area (Å²) in [4.78, 5) is 24.1. The summed E-state index contributed by atoms with van der Waals surface area (Å²) >= 11 is 3.32. The van der Waals surface area contributed by atoms with Gasteiger partial charge in [0, 0.05) is 11.5 Å². The number of nitrogens with zero attached hydrogens (tertiary/aromatic N) is 3. The largest absolute Gasteiger partial charge is 0.465 e. The van der Waals surface area contributed by atoms with Gasteiger partial charge in [-0.1, -0.05) is 34.1 Å². The van der Waals surface area contributed by atoms with Crippen LogP contribution < -0.4 is 10.9 Å². The molecule has 0 radical (unpaired) electrons. The number of para-hydroxylation sites is 1. The first kappa shape index (κ1) is 16.3. The number of hydrogen-bond donors (Lipinski definition) is 2. The number of benzene rings is 1. The molecule has 3 aromatic rings. The normalized spacial score (nSPS) is 12.2. The smallest absolute Gasteiger partial charge is 0.405 e. The molecule has 0 bridgehead atoms. The Morgan fingerprint density at radius 1 is 1.25 bits per heavy atom. The van der Waals surface area contributed by atoms with E-state index in [1.165, 1.54) is 9.08 Å². The molecule has 0 aliphatic carbocycles. The molecule has 124 valence electrons. The molecule has 1 atom stereocenters. The van der Waals surface area contributed by atoms with E-state index in [9.17, 15) is 9.59 Å². The Labute approximate surface area is 145 Å². The SMILES string of the molecule is O=C(O)NC(CCBr)c1nn2cccc2c(=O)n1-c1ccccc1. The van der Waals surface area contributed by atoms with Gasteiger partial charge >= 0.3 is 6.09 Å². The summed E-state index contributed by atoms with van der Waals surface area (Å²) in [6, 6.07) is 11.9. The second-order valence-electron chi connectivity index (χ2n) is 5.15. The van der Waals surface area contributed by atoms with E-state index in [0.717, 1.165) is 0 Å². The van der Waals surface area contributed by atoms with Crippen LogP contribution in [0.25, 0.3) is 11.2 Å². The van der Waals surface area contributed by atoms with Gasteiger partial charge in [-0.05, 0) is 30.7 Å². The molecule has 8 heteroatoms. The van der Waals surface area contributed by atoms with E-state index in [4.69, 9.17) is 5.11 Å². The molecule has 3 rings (SSSR count). The summed E-state index contributed by atoms with van der Waals surface area (Å²) in [6.45, 7) is 0. The Hall–Kier alpha value is -2.61. The summed E-state index contributed by atoms with van der Waals surface area (Å²) in [6.07, 6.45) is 0.960. The second kappa shape index (κ2) is 6.88. The zero-order valence-corrected chi connectivity index (χ0v) is 14.2. The third kappa shape index (κ3) is 3.05. The lowest BCUT2D eigenvalue weighted by atomic mass is 10.2. The van der Waals surface area contributed by atoms with E-state index in [2.05, 4.69) is 26.3 Å². The van der Waals surface area contributed by atoms with Crippen LogP contribution in [0.4, 0.5) is 4.79 Å². The lowest BCUT2D eigenvalue weighted by Gasteiger charge is -2.20. The van der Waals surface area contributed by atoms with Gasteiger partial charge in [-0.3, -0.25) is 9.36 Å². The maximum atomic E-state index is 12.9. The highest BCUT2D eigenvalue weighted by molar-refractivity contribution is 9.09. The molecule has 1 unspecified atom stereocenters. The van der Waals surface area contributed by atoms with Crippen molar-refractivity contribution >= 4 is 27.5 Å². The summed E-state index contributed by atoms with van der Waals surface area (Å²) in [5.41, 5.74) is 0.818. The zero-order chi connectivity index (χ0) is 17.1. The van der Waals surface area contributed by atoms with Crippen LogP contribution in [0.1, 0.15) is 18.3 Å². The molecule has 0 aliphatic rings.